The fourth-order valence-electron chi connectivity index (χ4n) is 3.44. The van der Waals surface area contributed by atoms with Gasteiger partial charge in [-0.15, -0.1) is 21.5 Å². The minimum absolute atomic E-state index is 0.104. The Bertz CT molecular complexity index is 705. The molecule has 0 radical (unpaired) electrons. The van der Waals surface area contributed by atoms with Crippen molar-refractivity contribution in [1.82, 2.24) is 25.0 Å². The number of thiophene rings is 1. The van der Waals surface area contributed by atoms with Crippen molar-refractivity contribution in [2.75, 3.05) is 18.8 Å². The zero-order chi connectivity index (χ0) is 17.8. The SMILES string of the molecule is O=C(CSc1nncn1CCc1cccs1)NC1CCN(C2CC2)CC1. The van der Waals surface area contributed by atoms with E-state index in [9.17, 15) is 4.79 Å². The molecule has 1 aliphatic heterocycles. The molecule has 2 aliphatic rings. The maximum Gasteiger partial charge on any atom is 0.230 e. The number of aryl methyl sites for hydroxylation is 2. The number of rotatable bonds is 8. The lowest BCUT2D eigenvalue weighted by atomic mass is 10.1. The molecule has 4 rings (SSSR count). The Kier molecular flexibility index (Phi) is 5.91. The zero-order valence-electron chi connectivity index (χ0n) is 14.8. The molecular formula is C18H25N5OS2. The van der Waals surface area contributed by atoms with E-state index in [0.717, 1.165) is 50.1 Å². The van der Waals surface area contributed by atoms with Crippen molar-refractivity contribution in [3.05, 3.63) is 28.7 Å². The Balaban J connectivity index is 1.19. The van der Waals surface area contributed by atoms with E-state index < -0.39 is 0 Å². The Morgan fingerprint density at radius 3 is 2.88 bits per heavy atom. The molecule has 0 bridgehead atoms. The van der Waals surface area contributed by atoms with Crippen LogP contribution in [0.1, 0.15) is 30.6 Å². The number of likely N-dealkylation sites (tertiary alicyclic amines) is 1. The third-order valence-electron chi connectivity index (χ3n) is 5.05. The van der Waals surface area contributed by atoms with E-state index in [0.29, 0.717) is 11.8 Å². The first-order chi connectivity index (χ1) is 12.8. The van der Waals surface area contributed by atoms with E-state index in [1.165, 1.54) is 29.5 Å². The quantitative estimate of drug-likeness (QED) is 0.700. The highest BCUT2D eigenvalue weighted by Gasteiger charge is 2.32. The molecule has 3 heterocycles. The molecule has 26 heavy (non-hydrogen) atoms. The van der Waals surface area contributed by atoms with Gasteiger partial charge in [0.15, 0.2) is 5.16 Å². The van der Waals surface area contributed by atoms with Gasteiger partial charge in [0.1, 0.15) is 6.33 Å². The number of piperidine rings is 1. The highest BCUT2D eigenvalue weighted by atomic mass is 32.2. The van der Waals surface area contributed by atoms with Crippen molar-refractivity contribution in [1.29, 1.82) is 0 Å². The zero-order valence-corrected chi connectivity index (χ0v) is 16.5. The standard InChI is InChI=1S/C18H25N5OS2/c24-17(20-14-5-8-22(9-6-14)15-3-4-15)12-26-18-21-19-13-23(18)10-7-16-2-1-11-25-16/h1-2,11,13-15H,3-10,12H2,(H,20,24). The molecule has 2 aromatic heterocycles. The summed E-state index contributed by atoms with van der Waals surface area (Å²) < 4.78 is 2.03. The summed E-state index contributed by atoms with van der Waals surface area (Å²) in [6.07, 6.45) is 7.59. The van der Waals surface area contributed by atoms with Gasteiger partial charge in [0, 0.05) is 36.6 Å². The van der Waals surface area contributed by atoms with Gasteiger partial charge in [0.25, 0.3) is 0 Å². The number of nitrogens with one attached hydrogen (secondary N) is 1. The molecule has 0 atom stereocenters. The third-order valence-corrected chi connectivity index (χ3v) is 6.97. The summed E-state index contributed by atoms with van der Waals surface area (Å²) in [7, 11) is 0. The van der Waals surface area contributed by atoms with Crippen LogP contribution in [-0.4, -0.2) is 56.5 Å². The number of thioether (sulfide) groups is 1. The number of aromatic nitrogens is 3. The number of nitrogens with zero attached hydrogens (tertiary/aromatic N) is 4. The van der Waals surface area contributed by atoms with Gasteiger partial charge in [-0.05, 0) is 43.6 Å². The Morgan fingerprint density at radius 2 is 2.15 bits per heavy atom. The average molecular weight is 392 g/mol. The van der Waals surface area contributed by atoms with Crippen LogP contribution in [0.2, 0.25) is 0 Å². The van der Waals surface area contributed by atoms with Crippen LogP contribution in [0.5, 0.6) is 0 Å². The van der Waals surface area contributed by atoms with E-state index in [1.807, 2.05) is 4.57 Å². The van der Waals surface area contributed by atoms with Crippen molar-refractivity contribution in [2.24, 2.45) is 0 Å². The van der Waals surface area contributed by atoms with E-state index in [-0.39, 0.29) is 5.91 Å². The molecule has 140 valence electrons. The second-order valence-corrected chi connectivity index (χ2v) is 9.01. The van der Waals surface area contributed by atoms with Crippen molar-refractivity contribution in [3.8, 4) is 0 Å². The molecule has 1 saturated carbocycles. The lowest BCUT2D eigenvalue weighted by molar-refractivity contribution is -0.119. The summed E-state index contributed by atoms with van der Waals surface area (Å²) in [4.78, 5) is 16.2. The molecule has 1 aliphatic carbocycles. The van der Waals surface area contributed by atoms with E-state index in [4.69, 9.17) is 0 Å². The number of carbonyl (C=O) groups is 1. The van der Waals surface area contributed by atoms with Crippen LogP contribution >= 0.6 is 23.1 Å². The maximum atomic E-state index is 12.3. The molecule has 1 N–H and O–H groups in total. The molecule has 6 nitrogen and oxygen atoms in total. The highest BCUT2D eigenvalue weighted by Crippen LogP contribution is 2.29. The summed E-state index contributed by atoms with van der Waals surface area (Å²) in [6.45, 7) is 3.09. The topological polar surface area (TPSA) is 63.1 Å². The fourth-order valence-corrected chi connectivity index (χ4v) is 4.89. The first kappa shape index (κ1) is 18.0. The summed E-state index contributed by atoms with van der Waals surface area (Å²) in [5, 5.41) is 14.3. The molecule has 2 fully saturated rings. The second kappa shape index (κ2) is 8.54. The number of hydrogen-bond donors (Lipinski definition) is 1. The minimum atomic E-state index is 0.104. The molecule has 2 aromatic rings. The van der Waals surface area contributed by atoms with Crippen LogP contribution < -0.4 is 5.32 Å². The number of carbonyl (C=O) groups excluding carboxylic acids is 1. The van der Waals surface area contributed by atoms with E-state index in [2.05, 4.69) is 37.9 Å². The summed E-state index contributed by atoms with van der Waals surface area (Å²) in [5.74, 6) is 0.508. The van der Waals surface area contributed by atoms with Crippen molar-refractivity contribution < 1.29 is 4.79 Å². The van der Waals surface area contributed by atoms with Crippen LogP contribution in [0.4, 0.5) is 0 Å². The molecule has 0 unspecified atom stereocenters. The van der Waals surface area contributed by atoms with Crippen LogP contribution in [0, 0.1) is 0 Å². The highest BCUT2D eigenvalue weighted by molar-refractivity contribution is 7.99. The predicted molar refractivity (Wildman–Crippen MR) is 105 cm³/mol. The van der Waals surface area contributed by atoms with Crippen LogP contribution in [0.25, 0.3) is 0 Å². The largest absolute Gasteiger partial charge is 0.353 e. The summed E-state index contributed by atoms with van der Waals surface area (Å²) >= 11 is 3.24. The molecule has 0 aromatic carbocycles. The van der Waals surface area contributed by atoms with Gasteiger partial charge in [-0.1, -0.05) is 17.8 Å². The Hall–Kier alpha value is -1.38. The number of amides is 1. The molecule has 0 spiro atoms. The van der Waals surface area contributed by atoms with Gasteiger partial charge in [-0.25, -0.2) is 0 Å². The summed E-state index contributed by atoms with van der Waals surface area (Å²) in [6, 6.07) is 5.38. The Morgan fingerprint density at radius 1 is 1.31 bits per heavy atom. The molecule has 1 amide bonds. The predicted octanol–water partition coefficient (Wildman–Crippen LogP) is 2.42. The van der Waals surface area contributed by atoms with Gasteiger partial charge < -0.3 is 14.8 Å². The normalized spacial score (nSPS) is 18.9. The van der Waals surface area contributed by atoms with Gasteiger partial charge in [-0.2, -0.15) is 0 Å². The lowest BCUT2D eigenvalue weighted by Gasteiger charge is -2.32. The monoisotopic (exact) mass is 391 g/mol. The average Bonchev–Trinajstić information content (AvgIpc) is 3.18. The van der Waals surface area contributed by atoms with E-state index in [1.54, 1.807) is 17.7 Å². The van der Waals surface area contributed by atoms with Crippen molar-refractivity contribution >= 4 is 29.0 Å². The van der Waals surface area contributed by atoms with Gasteiger partial charge >= 0.3 is 0 Å². The first-order valence-corrected chi connectivity index (χ1v) is 11.2. The van der Waals surface area contributed by atoms with Gasteiger partial charge in [-0.3, -0.25) is 4.79 Å². The van der Waals surface area contributed by atoms with E-state index >= 15 is 0 Å². The Labute approximate surface area is 162 Å². The summed E-state index contributed by atoms with van der Waals surface area (Å²) in [5.41, 5.74) is 0. The first-order valence-electron chi connectivity index (χ1n) is 9.34. The third kappa shape index (κ3) is 4.86. The van der Waals surface area contributed by atoms with Crippen molar-refractivity contribution in [2.45, 2.75) is 55.9 Å². The number of hydrogen-bond acceptors (Lipinski definition) is 6. The molecule has 8 heteroatoms. The smallest absolute Gasteiger partial charge is 0.230 e. The maximum absolute atomic E-state index is 12.3. The fraction of sp³-hybridized carbons (Fsp3) is 0.611. The van der Waals surface area contributed by atoms with Crippen LogP contribution in [0.3, 0.4) is 0 Å². The van der Waals surface area contributed by atoms with Crippen LogP contribution in [0.15, 0.2) is 29.0 Å². The molecular weight excluding hydrogens is 366 g/mol. The van der Waals surface area contributed by atoms with Gasteiger partial charge in [0.2, 0.25) is 5.91 Å². The van der Waals surface area contributed by atoms with Gasteiger partial charge in [0.05, 0.1) is 5.75 Å². The molecule has 1 saturated heterocycles. The van der Waals surface area contributed by atoms with Crippen molar-refractivity contribution in [3.63, 3.8) is 0 Å². The van der Waals surface area contributed by atoms with Crippen LogP contribution in [-0.2, 0) is 17.8 Å². The second-order valence-electron chi connectivity index (χ2n) is 7.03. The minimum Gasteiger partial charge on any atom is -0.353 e. The lowest BCUT2D eigenvalue weighted by Crippen LogP contribution is -2.45.